The van der Waals surface area contributed by atoms with Gasteiger partial charge in [-0.15, -0.1) is 11.3 Å². The largest absolute Gasteiger partial charge is 0.337 e. The summed E-state index contributed by atoms with van der Waals surface area (Å²) in [4.78, 5) is 20.1. The van der Waals surface area contributed by atoms with Gasteiger partial charge in [0.05, 0.1) is 23.2 Å². The summed E-state index contributed by atoms with van der Waals surface area (Å²) < 4.78 is 0. The van der Waals surface area contributed by atoms with E-state index in [1.165, 1.54) is 12.8 Å². The molecule has 1 unspecified atom stereocenters. The van der Waals surface area contributed by atoms with Gasteiger partial charge in [-0.05, 0) is 39.2 Å². The third kappa shape index (κ3) is 4.02. The lowest BCUT2D eigenvalue weighted by molar-refractivity contribution is -0.130. The van der Waals surface area contributed by atoms with E-state index in [4.69, 9.17) is 4.98 Å². The van der Waals surface area contributed by atoms with E-state index in [2.05, 4.69) is 24.4 Å². The Bertz CT molecular complexity index is 694. The number of hydrogen-bond donors (Lipinski definition) is 1. The minimum atomic E-state index is 0.0372. The number of likely N-dealkylation sites (N-methyl/N-ethyl adjacent to an activating group) is 1. The SMILES string of the molecule is Cc1nc(-c2ccccc2)sc1C(C)N(C)C(=O)CNCC1CC1. The van der Waals surface area contributed by atoms with E-state index in [1.807, 2.05) is 37.1 Å². The van der Waals surface area contributed by atoms with Crippen LogP contribution in [0.25, 0.3) is 10.6 Å². The zero-order valence-corrected chi connectivity index (χ0v) is 15.4. The van der Waals surface area contributed by atoms with E-state index >= 15 is 0 Å². The topological polar surface area (TPSA) is 45.2 Å². The lowest BCUT2D eigenvalue weighted by Crippen LogP contribution is -2.37. The minimum absolute atomic E-state index is 0.0372. The normalized spacial score (nSPS) is 15.3. The molecule has 5 heteroatoms. The van der Waals surface area contributed by atoms with Gasteiger partial charge >= 0.3 is 0 Å². The van der Waals surface area contributed by atoms with Crippen molar-refractivity contribution in [1.82, 2.24) is 15.2 Å². The van der Waals surface area contributed by atoms with Crippen molar-refractivity contribution in [1.29, 1.82) is 0 Å². The molecule has 0 aliphatic heterocycles. The molecule has 1 fully saturated rings. The van der Waals surface area contributed by atoms with E-state index in [0.717, 1.165) is 33.6 Å². The van der Waals surface area contributed by atoms with Gasteiger partial charge in [0.25, 0.3) is 0 Å². The minimum Gasteiger partial charge on any atom is -0.337 e. The molecule has 1 aromatic heterocycles. The molecule has 0 saturated heterocycles. The van der Waals surface area contributed by atoms with Crippen LogP contribution < -0.4 is 5.32 Å². The van der Waals surface area contributed by atoms with Gasteiger partial charge in [-0.25, -0.2) is 4.98 Å². The van der Waals surface area contributed by atoms with Crippen LogP contribution in [0.2, 0.25) is 0 Å². The Balaban J connectivity index is 1.66. The zero-order valence-electron chi connectivity index (χ0n) is 14.6. The number of rotatable bonds is 7. The first-order chi connectivity index (χ1) is 11.6. The number of carbonyl (C=O) groups is 1. The molecule has 1 amide bonds. The van der Waals surface area contributed by atoms with Crippen LogP contribution in [0.5, 0.6) is 0 Å². The van der Waals surface area contributed by atoms with Gasteiger partial charge in [0.2, 0.25) is 5.91 Å². The van der Waals surface area contributed by atoms with Gasteiger partial charge in [0.15, 0.2) is 0 Å². The number of carbonyl (C=O) groups excluding carboxylic acids is 1. The van der Waals surface area contributed by atoms with Crippen molar-refractivity contribution < 1.29 is 4.79 Å². The number of aromatic nitrogens is 1. The third-order valence-corrected chi connectivity index (χ3v) is 5.99. The fourth-order valence-electron chi connectivity index (χ4n) is 2.72. The summed E-state index contributed by atoms with van der Waals surface area (Å²) in [7, 11) is 1.88. The molecule has 1 aliphatic carbocycles. The van der Waals surface area contributed by atoms with Crippen molar-refractivity contribution in [3.63, 3.8) is 0 Å². The molecule has 0 radical (unpaired) electrons. The smallest absolute Gasteiger partial charge is 0.236 e. The number of nitrogens with one attached hydrogen (secondary N) is 1. The maximum absolute atomic E-state index is 12.4. The van der Waals surface area contributed by atoms with Gasteiger partial charge in [0, 0.05) is 12.6 Å². The van der Waals surface area contributed by atoms with Crippen LogP contribution in [0.3, 0.4) is 0 Å². The fourth-order valence-corrected chi connectivity index (χ4v) is 3.89. The summed E-state index contributed by atoms with van der Waals surface area (Å²) in [6, 6.07) is 10.2. The van der Waals surface area contributed by atoms with E-state index < -0.39 is 0 Å². The van der Waals surface area contributed by atoms with Crippen molar-refractivity contribution in [2.75, 3.05) is 20.1 Å². The van der Waals surface area contributed by atoms with Crippen LogP contribution in [-0.2, 0) is 4.79 Å². The van der Waals surface area contributed by atoms with Gasteiger partial charge < -0.3 is 10.2 Å². The summed E-state index contributed by atoms with van der Waals surface area (Å²) in [5.41, 5.74) is 2.14. The number of nitrogens with zero attached hydrogens (tertiary/aromatic N) is 2. The first-order valence-corrected chi connectivity index (χ1v) is 9.37. The van der Waals surface area contributed by atoms with Gasteiger partial charge in [-0.3, -0.25) is 4.79 Å². The van der Waals surface area contributed by atoms with Crippen LogP contribution in [0.1, 0.15) is 36.4 Å². The number of benzene rings is 1. The monoisotopic (exact) mass is 343 g/mol. The van der Waals surface area contributed by atoms with Crippen molar-refractivity contribution in [3.8, 4) is 10.6 Å². The molecule has 1 heterocycles. The number of amides is 1. The molecule has 128 valence electrons. The quantitative estimate of drug-likeness (QED) is 0.835. The van der Waals surface area contributed by atoms with Crippen LogP contribution in [0.15, 0.2) is 30.3 Å². The Morgan fingerprint density at radius 2 is 2.08 bits per heavy atom. The fraction of sp³-hybridized carbons (Fsp3) is 0.474. The molecule has 3 rings (SSSR count). The Morgan fingerprint density at radius 3 is 2.75 bits per heavy atom. The van der Waals surface area contributed by atoms with Gasteiger partial charge in [-0.2, -0.15) is 0 Å². The second kappa shape index (κ2) is 7.45. The number of aryl methyl sites for hydroxylation is 1. The molecule has 1 aliphatic rings. The van der Waals surface area contributed by atoms with Crippen molar-refractivity contribution >= 4 is 17.2 Å². The lowest BCUT2D eigenvalue weighted by Gasteiger charge is -2.24. The van der Waals surface area contributed by atoms with Gasteiger partial charge in [-0.1, -0.05) is 30.3 Å². The standard InChI is InChI=1S/C19H25N3OS/c1-13-18(24-19(21-13)16-7-5-4-6-8-16)14(2)22(3)17(23)12-20-11-15-9-10-15/h4-8,14-15,20H,9-12H2,1-3H3. The first kappa shape index (κ1) is 17.1. The van der Waals surface area contributed by atoms with E-state index in [9.17, 15) is 4.79 Å². The van der Waals surface area contributed by atoms with E-state index in [0.29, 0.717) is 6.54 Å². The van der Waals surface area contributed by atoms with Crippen LogP contribution in [0, 0.1) is 12.8 Å². The Labute approximate surface area is 147 Å². The molecule has 0 bridgehead atoms. The zero-order chi connectivity index (χ0) is 17.1. The lowest BCUT2D eigenvalue weighted by atomic mass is 10.2. The highest BCUT2D eigenvalue weighted by atomic mass is 32.1. The Kier molecular flexibility index (Phi) is 5.31. The summed E-state index contributed by atoms with van der Waals surface area (Å²) in [6.45, 7) is 5.49. The second-order valence-corrected chi connectivity index (χ2v) is 7.62. The molecule has 2 aromatic rings. The maximum atomic E-state index is 12.4. The first-order valence-electron chi connectivity index (χ1n) is 8.55. The number of hydrogen-bond acceptors (Lipinski definition) is 4. The molecule has 1 atom stereocenters. The third-order valence-electron chi connectivity index (χ3n) is 4.61. The molecule has 24 heavy (non-hydrogen) atoms. The molecular weight excluding hydrogens is 318 g/mol. The molecule has 1 saturated carbocycles. The summed E-state index contributed by atoms with van der Waals surface area (Å²) >= 11 is 1.68. The van der Waals surface area contributed by atoms with E-state index in [-0.39, 0.29) is 11.9 Å². The van der Waals surface area contributed by atoms with Crippen molar-refractivity contribution in [2.45, 2.75) is 32.7 Å². The maximum Gasteiger partial charge on any atom is 0.236 e. The molecule has 4 nitrogen and oxygen atoms in total. The van der Waals surface area contributed by atoms with Crippen LogP contribution in [0.4, 0.5) is 0 Å². The predicted molar refractivity (Wildman–Crippen MR) is 99.1 cm³/mol. The molecule has 1 N–H and O–H groups in total. The van der Waals surface area contributed by atoms with E-state index in [1.54, 1.807) is 11.3 Å². The van der Waals surface area contributed by atoms with Crippen molar-refractivity contribution in [2.24, 2.45) is 5.92 Å². The highest BCUT2D eigenvalue weighted by Gasteiger charge is 2.24. The highest BCUT2D eigenvalue weighted by Crippen LogP contribution is 2.33. The number of thiazole rings is 1. The van der Waals surface area contributed by atoms with Crippen molar-refractivity contribution in [3.05, 3.63) is 40.9 Å². The highest BCUT2D eigenvalue weighted by molar-refractivity contribution is 7.15. The Hall–Kier alpha value is -1.72. The molecule has 1 aromatic carbocycles. The summed E-state index contributed by atoms with van der Waals surface area (Å²) in [6.07, 6.45) is 2.60. The summed E-state index contributed by atoms with van der Waals surface area (Å²) in [5, 5.41) is 4.29. The average Bonchev–Trinajstić information content (AvgIpc) is 3.34. The summed E-state index contributed by atoms with van der Waals surface area (Å²) in [5.74, 6) is 0.926. The van der Waals surface area contributed by atoms with Gasteiger partial charge in [0.1, 0.15) is 5.01 Å². The Morgan fingerprint density at radius 1 is 1.38 bits per heavy atom. The average molecular weight is 343 g/mol. The molecule has 0 spiro atoms. The predicted octanol–water partition coefficient (Wildman–Crippen LogP) is 3.64. The molecular formula is C19H25N3OS. The van der Waals surface area contributed by atoms with Crippen LogP contribution in [-0.4, -0.2) is 35.9 Å². The van der Waals surface area contributed by atoms with Crippen LogP contribution >= 0.6 is 11.3 Å². The second-order valence-electron chi connectivity index (χ2n) is 6.59.